The van der Waals surface area contributed by atoms with E-state index < -0.39 is 5.97 Å². The minimum atomic E-state index is -0.583. The summed E-state index contributed by atoms with van der Waals surface area (Å²) in [6.07, 6.45) is 0.672. The minimum Gasteiger partial charge on any atom is -0.452 e. The molecule has 0 unspecified atom stereocenters. The van der Waals surface area contributed by atoms with Gasteiger partial charge in [-0.2, -0.15) is 0 Å². The zero-order valence-electron chi connectivity index (χ0n) is 12.2. The van der Waals surface area contributed by atoms with Crippen molar-refractivity contribution in [3.05, 3.63) is 69.7 Å². The van der Waals surface area contributed by atoms with E-state index in [1.165, 1.54) is 6.07 Å². The van der Waals surface area contributed by atoms with Gasteiger partial charge in [-0.1, -0.05) is 41.4 Å². The minimum absolute atomic E-state index is 0.312. The Bertz CT molecular complexity index is 686. The lowest BCUT2D eigenvalue weighted by Gasteiger charge is -2.07. The Hall–Kier alpha value is -2.04. The number of esters is 1. The molecule has 6 heteroatoms. The van der Waals surface area contributed by atoms with Crippen LogP contribution in [0.5, 0.6) is 0 Å². The van der Waals surface area contributed by atoms with Crippen LogP contribution in [-0.4, -0.2) is 25.0 Å². The SMILES string of the molecule is O=C(COC(=O)c1cccc(Cl)c1)NCCc1ccc(Cl)cc1. The van der Waals surface area contributed by atoms with E-state index >= 15 is 0 Å². The van der Waals surface area contributed by atoms with Gasteiger partial charge in [0.25, 0.3) is 5.91 Å². The molecule has 0 aliphatic heterocycles. The molecule has 1 amide bonds. The maximum absolute atomic E-state index is 11.8. The quantitative estimate of drug-likeness (QED) is 0.810. The second kappa shape index (κ2) is 8.56. The summed E-state index contributed by atoms with van der Waals surface area (Å²) >= 11 is 11.6. The maximum atomic E-state index is 11.8. The van der Waals surface area contributed by atoms with Crippen molar-refractivity contribution in [2.24, 2.45) is 0 Å². The maximum Gasteiger partial charge on any atom is 0.338 e. The fourth-order valence-corrected chi connectivity index (χ4v) is 2.19. The molecule has 0 aromatic heterocycles. The Morgan fingerprint density at radius 3 is 2.43 bits per heavy atom. The van der Waals surface area contributed by atoms with Crippen LogP contribution < -0.4 is 5.32 Å². The van der Waals surface area contributed by atoms with E-state index in [4.69, 9.17) is 27.9 Å². The normalized spacial score (nSPS) is 10.2. The molecule has 2 aromatic carbocycles. The lowest BCUT2D eigenvalue weighted by Crippen LogP contribution is -2.30. The topological polar surface area (TPSA) is 55.4 Å². The van der Waals surface area contributed by atoms with Crippen LogP contribution >= 0.6 is 23.2 Å². The van der Waals surface area contributed by atoms with Crippen LogP contribution in [0.25, 0.3) is 0 Å². The molecule has 0 atom stereocenters. The Kier molecular flexibility index (Phi) is 6.44. The van der Waals surface area contributed by atoms with Gasteiger partial charge in [0.15, 0.2) is 6.61 Å². The zero-order chi connectivity index (χ0) is 16.7. The van der Waals surface area contributed by atoms with Gasteiger partial charge in [0.1, 0.15) is 0 Å². The predicted molar refractivity (Wildman–Crippen MR) is 89.9 cm³/mol. The summed E-state index contributed by atoms with van der Waals surface area (Å²) in [6.45, 7) is 0.126. The number of ether oxygens (including phenoxy) is 1. The molecule has 0 heterocycles. The average Bonchev–Trinajstić information content (AvgIpc) is 2.54. The summed E-state index contributed by atoms with van der Waals surface area (Å²) in [6, 6.07) is 13.8. The Morgan fingerprint density at radius 1 is 1.00 bits per heavy atom. The van der Waals surface area contributed by atoms with Crippen LogP contribution in [0.2, 0.25) is 10.0 Å². The van der Waals surface area contributed by atoms with Crippen molar-refractivity contribution in [3.63, 3.8) is 0 Å². The largest absolute Gasteiger partial charge is 0.452 e. The fraction of sp³-hybridized carbons (Fsp3) is 0.176. The van der Waals surface area contributed by atoms with Gasteiger partial charge >= 0.3 is 5.97 Å². The van der Waals surface area contributed by atoms with Crippen LogP contribution in [0.3, 0.4) is 0 Å². The highest BCUT2D eigenvalue weighted by atomic mass is 35.5. The first kappa shape index (κ1) is 17.3. The zero-order valence-corrected chi connectivity index (χ0v) is 13.7. The van der Waals surface area contributed by atoms with Gasteiger partial charge in [-0.15, -0.1) is 0 Å². The number of carbonyl (C=O) groups is 2. The number of hydrogen-bond donors (Lipinski definition) is 1. The van der Waals surface area contributed by atoms with Crippen molar-refractivity contribution < 1.29 is 14.3 Å². The van der Waals surface area contributed by atoms with Crippen molar-refractivity contribution in [2.75, 3.05) is 13.2 Å². The van der Waals surface area contributed by atoms with Crippen LogP contribution in [0.1, 0.15) is 15.9 Å². The second-order valence-corrected chi connectivity index (χ2v) is 5.69. The highest BCUT2D eigenvalue weighted by Gasteiger charge is 2.10. The lowest BCUT2D eigenvalue weighted by molar-refractivity contribution is -0.124. The second-order valence-electron chi connectivity index (χ2n) is 4.81. The van der Waals surface area contributed by atoms with Gasteiger partial charge in [-0.05, 0) is 42.3 Å². The van der Waals surface area contributed by atoms with Crippen LogP contribution in [-0.2, 0) is 16.0 Å². The van der Waals surface area contributed by atoms with Gasteiger partial charge in [0.05, 0.1) is 5.56 Å². The Balaban J connectivity index is 1.70. The van der Waals surface area contributed by atoms with Gasteiger partial charge in [-0.3, -0.25) is 4.79 Å². The van der Waals surface area contributed by atoms with E-state index in [0.29, 0.717) is 28.6 Å². The van der Waals surface area contributed by atoms with E-state index in [-0.39, 0.29) is 12.5 Å². The van der Waals surface area contributed by atoms with Crippen molar-refractivity contribution in [3.8, 4) is 0 Å². The molecule has 120 valence electrons. The number of amides is 1. The lowest BCUT2D eigenvalue weighted by atomic mass is 10.1. The van der Waals surface area contributed by atoms with E-state index in [0.717, 1.165) is 5.56 Å². The Labute approximate surface area is 144 Å². The van der Waals surface area contributed by atoms with Gasteiger partial charge < -0.3 is 10.1 Å². The molecule has 2 rings (SSSR count). The number of nitrogens with one attached hydrogen (secondary N) is 1. The molecule has 0 aliphatic rings. The molecular formula is C17H15Cl2NO3. The fourth-order valence-electron chi connectivity index (χ4n) is 1.88. The molecule has 0 spiro atoms. The average molecular weight is 352 g/mol. The molecule has 0 saturated heterocycles. The summed E-state index contributed by atoms with van der Waals surface area (Å²) in [4.78, 5) is 23.4. The molecule has 0 bridgehead atoms. The smallest absolute Gasteiger partial charge is 0.338 e. The number of halogens is 2. The molecule has 0 fully saturated rings. The van der Waals surface area contributed by atoms with E-state index in [9.17, 15) is 9.59 Å². The van der Waals surface area contributed by atoms with Crippen LogP contribution in [0.15, 0.2) is 48.5 Å². The summed E-state index contributed by atoms with van der Waals surface area (Å²) in [5.74, 6) is -0.935. The molecule has 1 N–H and O–H groups in total. The molecule has 0 radical (unpaired) electrons. The summed E-state index contributed by atoms with van der Waals surface area (Å²) in [7, 11) is 0. The third kappa shape index (κ3) is 5.93. The third-order valence-electron chi connectivity index (χ3n) is 3.04. The standard InChI is InChI=1S/C17H15Cl2NO3/c18-14-6-4-12(5-7-14)8-9-20-16(21)11-23-17(22)13-2-1-3-15(19)10-13/h1-7,10H,8-9,11H2,(H,20,21). The molecule has 0 aliphatic carbocycles. The number of rotatable bonds is 6. The number of carbonyl (C=O) groups excluding carboxylic acids is 2. The molecular weight excluding hydrogens is 337 g/mol. The highest BCUT2D eigenvalue weighted by molar-refractivity contribution is 6.31. The van der Waals surface area contributed by atoms with Gasteiger partial charge in [0.2, 0.25) is 0 Å². The third-order valence-corrected chi connectivity index (χ3v) is 3.53. The first-order valence-corrected chi connectivity index (χ1v) is 7.74. The van der Waals surface area contributed by atoms with Crippen LogP contribution in [0, 0.1) is 0 Å². The monoisotopic (exact) mass is 351 g/mol. The van der Waals surface area contributed by atoms with Crippen molar-refractivity contribution in [2.45, 2.75) is 6.42 Å². The van der Waals surface area contributed by atoms with Gasteiger partial charge in [-0.25, -0.2) is 4.79 Å². The highest BCUT2D eigenvalue weighted by Crippen LogP contribution is 2.11. The molecule has 0 saturated carbocycles. The summed E-state index contributed by atoms with van der Waals surface area (Å²) in [5.41, 5.74) is 1.37. The van der Waals surface area contributed by atoms with Crippen LogP contribution in [0.4, 0.5) is 0 Å². The van der Waals surface area contributed by atoms with Crippen molar-refractivity contribution in [1.29, 1.82) is 0 Å². The van der Waals surface area contributed by atoms with E-state index in [1.54, 1.807) is 30.3 Å². The summed E-state index contributed by atoms with van der Waals surface area (Å²) in [5, 5.41) is 3.80. The first-order valence-electron chi connectivity index (χ1n) is 6.98. The number of benzene rings is 2. The summed E-state index contributed by atoms with van der Waals surface area (Å²) < 4.78 is 4.94. The molecule has 2 aromatic rings. The molecule has 4 nitrogen and oxygen atoms in total. The van der Waals surface area contributed by atoms with E-state index in [1.807, 2.05) is 12.1 Å². The molecule has 23 heavy (non-hydrogen) atoms. The Morgan fingerprint density at radius 2 is 1.74 bits per heavy atom. The number of hydrogen-bond acceptors (Lipinski definition) is 3. The van der Waals surface area contributed by atoms with Gasteiger partial charge in [0, 0.05) is 16.6 Å². The van der Waals surface area contributed by atoms with Crippen molar-refractivity contribution in [1.82, 2.24) is 5.32 Å². The van der Waals surface area contributed by atoms with Crippen molar-refractivity contribution >= 4 is 35.1 Å². The predicted octanol–water partition coefficient (Wildman–Crippen LogP) is 3.51. The van der Waals surface area contributed by atoms with E-state index in [2.05, 4.69) is 5.32 Å². The first-order chi connectivity index (χ1) is 11.0.